The van der Waals surface area contributed by atoms with Crippen LogP contribution in [0.15, 0.2) is 42.5 Å². The molecular weight excluding hydrogens is 418 g/mol. The highest BCUT2D eigenvalue weighted by atomic mass is 35.5. The predicted molar refractivity (Wildman–Crippen MR) is 111 cm³/mol. The molecule has 10 heteroatoms. The molecule has 0 saturated carbocycles. The van der Waals surface area contributed by atoms with E-state index in [-0.39, 0.29) is 22.2 Å². The van der Waals surface area contributed by atoms with Gasteiger partial charge in [0, 0.05) is 18.8 Å². The summed E-state index contributed by atoms with van der Waals surface area (Å²) in [6.45, 7) is 1.93. The van der Waals surface area contributed by atoms with E-state index >= 15 is 0 Å². The lowest BCUT2D eigenvalue weighted by Gasteiger charge is -2.27. The molecule has 1 heterocycles. The highest BCUT2D eigenvalue weighted by Crippen LogP contribution is 2.24. The third kappa shape index (κ3) is 5.47. The molecule has 0 unspecified atom stereocenters. The highest BCUT2D eigenvalue weighted by Gasteiger charge is 2.22. The fraction of sp³-hybridized carbons (Fsp3) is 0.263. The average molecular weight is 438 g/mol. The van der Waals surface area contributed by atoms with Gasteiger partial charge in [-0.15, -0.1) is 0 Å². The van der Waals surface area contributed by atoms with Crippen LogP contribution < -0.4 is 10.0 Å². The van der Waals surface area contributed by atoms with Crippen LogP contribution in [0.1, 0.15) is 20.7 Å². The molecule has 3 rings (SSSR count). The Kier molecular flexibility index (Phi) is 6.41. The molecule has 0 bridgehead atoms. The molecule has 1 aliphatic heterocycles. The zero-order chi connectivity index (χ0) is 21.0. The zero-order valence-electron chi connectivity index (χ0n) is 15.6. The maximum absolute atomic E-state index is 12.8. The lowest BCUT2D eigenvalue weighted by Crippen LogP contribution is -2.41. The minimum Gasteiger partial charge on any atom is -0.378 e. The van der Waals surface area contributed by atoms with Gasteiger partial charge in [0.2, 0.25) is 10.0 Å². The number of nitrogens with zero attached hydrogens (tertiary/aromatic N) is 1. The van der Waals surface area contributed by atoms with Gasteiger partial charge in [0.25, 0.3) is 11.8 Å². The van der Waals surface area contributed by atoms with Gasteiger partial charge in [-0.05, 0) is 30.3 Å². The molecule has 0 spiro atoms. The van der Waals surface area contributed by atoms with Crippen molar-refractivity contribution in [2.75, 3.05) is 42.6 Å². The molecule has 2 amide bonds. The van der Waals surface area contributed by atoms with Gasteiger partial charge in [-0.1, -0.05) is 23.7 Å². The van der Waals surface area contributed by atoms with Crippen LogP contribution in [0.5, 0.6) is 0 Å². The number of para-hydroxylation sites is 1. The quantitative estimate of drug-likeness (QED) is 0.747. The van der Waals surface area contributed by atoms with Crippen molar-refractivity contribution in [2.45, 2.75) is 0 Å². The first-order chi connectivity index (χ1) is 13.7. The minimum absolute atomic E-state index is 0.0770. The molecule has 1 aliphatic rings. The average Bonchev–Trinajstić information content (AvgIpc) is 2.67. The van der Waals surface area contributed by atoms with Gasteiger partial charge in [-0.3, -0.25) is 14.3 Å². The predicted octanol–water partition coefficient (Wildman–Crippen LogP) is 2.44. The van der Waals surface area contributed by atoms with E-state index in [1.54, 1.807) is 29.2 Å². The second-order valence-corrected chi connectivity index (χ2v) is 8.63. The largest absolute Gasteiger partial charge is 0.378 e. The summed E-state index contributed by atoms with van der Waals surface area (Å²) in [6.07, 6.45) is 1.02. The molecule has 2 aromatic carbocycles. The molecule has 0 aromatic heterocycles. The van der Waals surface area contributed by atoms with Crippen molar-refractivity contribution in [3.8, 4) is 0 Å². The second kappa shape index (κ2) is 8.81. The first-order valence-corrected chi connectivity index (χ1v) is 11.1. The lowest BCUT2D eigenvalue weighted by molar-refractivity contribution is 0.0303. The molecule has 29 heavy (non-hydrogen) atoms. The Bertz CT molecular complexity index is 1040. The summed E-state index contributed by atoms with van der Waals surface area (Å²) in [5.41, 5.74) is 1.13. The number of sulfonamides is 1. The molecule has 2 aromatic rings. The van der Waals surface area contributed by atoms with Crippen molar-refractivity contribution in [2.24, 2.45) is 0 Å². The topological polar surface area (TPSA) is 105 Å². The first kappa shape index (κ1) is 21.1. The van der Waals surface area contributed by atoms with Gasteiger partial charge in [0.05, 0.1) is 41.3 Å². The molecule has 8 nitrogen and oxygen atoms in total. The van der Waals surface area contributed by atoms with Gasteiger partial charge in [0.1, 0.15) is 0 Å². The first-order valence-electron chi connectivity index (χ1n) is 8.79. The van der Waals surface area contributed by atoms with Crippen molar-refractivity contribution in [3.05, 3.63) is 58.6 Å². The van der Waals surface area contributed by atoms with Crippen LogP contribution in [0.4, 0.5) is 11.4 Å². The Morgan fingerprint density at radius 1 is 1.07 bits per heavy atom. The summed E-state index contributed by atoms with van der Waals surface area (Å²) in [4.78, 5) is 27.2. The van der Waals surface area contributed by atoms with E-state index < -0.39 is 15.9 Å². The summed E-state index contributed by atoms with van der Waals surface area (Å²) in [6, 6.07) is 10.9. The van der Waals surface area contributed by atoms with E-state index in [0.29, 0.717) is 37.6 Å². The number of carbonyl (C=O) groups is 2. The Morgan fingerprint density at radius 2 is 1.76 bits per heavy atom. The lowest BCUT2D eigenvalue weighted by atomic mass is 10.1. The number of hydrogen-bond donors (Lipinski definition) is 2. The number of morpholine rings is 1. The van der Waals surface area contributed by atoms with Crippen LogP contribution in [-0.2, 0) is 14.8 Å². The van der Waals surface area contributed by atoms with Gasteiger partial charge < -0.3 is 15.0 Å². The molecule has 0 atom stereocenters. The van der Waals surface area contributed by atoms with Gasteiger partial charge in [0.15, 0.2) is 0 Å². The number of nitrogens with one attached hydrogen (secondary N) is 2. The summed E-state index contributed by atoms with van der Waals surface area (Å²) >= 11 is 6.16. The summed E-state index contributed by atoms with van der Waals surface area (Å²) in [5, 5.41) is 2.79. The van der Waals surface area contributed by atoms with Crippen LogP contribution >= 0.6 is 11.6 Å². The van der Waals surface area contributed by atoms with Crippen LogP contribution in [0.3, 0.4) is 0 Å². The summed E-state index contributed by atoms with van der Waals surface area (Å²) in [7, 11) is -3.46. The van der Waals surface area contributed by atoms with Crippen LogP contribution in [0, 0.1) is 0 Å². The highest BCUT2D eigenvalue weighted by molar-refractivity contribution is 7.92. The fourth-order valence-electron chi connectivity index (χ4n) is 2.88. The molecular formula is C19H20ClN3O5S. The van der Waals surface area contributed by atoms with E-state index in [2.05, 4.69) is 10.0 Å². The number of ether oxygens (including phenoxy) is 1. The van der Waals surface area contributed by atoms with Crippen LogP contribution in [0.2, 0.25) is 5.02 Å². The Hall–Kier alpha value is -2.62. The van der Waals surface area contributed by atoms with Gasteiger partial charge in [-0.2, -0.15) is 0 Å². The van der Waals surface area contributed by atoms with Crippen molar-refractivity contribution in [1.29, 1.82) is 0 Å². The third-order valence-corrected chi connectivity index (χ3v) is 5.14. The van der Waals surface area contributed by atoms with Crippen molar-refractivity contribution in [1.82, 2.24) is 4.90 Å². The van der Waals surface area contributed by atoms with E-state index in [0.717, 1.165) is 6.26 Å². The molecule has 1 saturated heterocycles. The molecule has 0 radical (unpaired) electrons. The molecule has 154 valence electrons. The van der Waals surface area contributed by atoms with E-state index in [1.807, 2.05) is 0 Å². The van der Waals surface area contributed by atoms with E-state index in [4.69, 9.17) is 16.3 Å². The number of amides is 2. The van der Waals surface area contributed by atoms with Crippen LogP contribution in [-0.4, -0.2) is 57.7 Å². The summed E-state index contributed by atoms with van der Waals surface area (Å²) < 4.78 is 30.2. The Labute approximate surface area is 173 Å². The summed E-state index contributed by atoms with van der Waals surface area (Å²) in [5.74, 6) is -0.703. The molecule has 0 aliphatic carbocycles. The Balaban J connectivity index is 1.80. The number of hydrogen-bond acceptors (Lipinski definition) is 5. The fourth-order valence-corrected chi connectivity index (χ4v) is 3.70. The number of halogens is 1. The van der Waals surface area contributed by atoms with Crippen LogP contribution in [0.25, 0.3) is 0 Å². The van der Waals surface area contributed by atoms with Crippen molar-refractivity contribution < 1.29 is 22.7 Å². The normalized spacial score (nSPS) is 14.3. The van der Waals surface area contributed by atoms with Gasteiger partial charge >= 0.3 is 0 Å². The van der Waals surface area contributed by atoms with E-state index in [1.165, 1.54) is 18.2 Å². The third-order valence-electron chi connectivity index (χ3n) is 4.22. The number of benzene rings is 2. The zero-order valence-corrected chi connectivity index (χ0v) is 17.2. The second-order valence-electron chi connectivity index (χ2n) is 6.47. The Morgan fingerprint density at radius 3 is 2.41 bits per heavy atom. The van der Waals surface area contributed by atoms with Gasteiger partial charge in [-0.25, -0.2) is 8.42 Å². The van der Waals surface area contributed by atoms with Crippen molar-refractivity contribution in [3.63, 3.8) is 0 Å². The standard InChI is InChI=1S/C19H20ClN3O5S/c1-29(26,27)22-13-6-7-14(16(20)12-13)18(24)21-17-5-3-2-4-15(17)19(25)23-8-10-28-11-9-23/h2-7,12,22H,8-11H2,1H3,(H,21,24). The maximum Gasteiger partial charge on any atom is 0.257 e. The number of carbonyl (C=O) groups excluding carboxylic acids is 2. The maximum atomic E-state index is 12.8. The monoisotopic (exact) mass is 437 g/mol. The number of rotatable bonds is 5. The van der Waals surface area contributed by atoms with Crippen molar-refractivity contribution >= 4 is 44.8 Å². The number of anilines is 2. The molecule has 2 N–H and O–H groups in total. The molecule has 1 fully saturated rings. The van der Waals surface area contributed by atoms with E-state index in [9.17, 15) is 18.0 Å². The SMILES string of the molecule is CS(=O)(=O)Nc1ccc(C(=O)Nc2ccccc2C(=O)N2CCOCC2)c(Cl)c1. The minimum atomic E-state index is -3.46. The smallest absolute Gasteiger partial charge is 0.257 e.